The third-order valence-corrected chi connectivity index (χ3v) is 3.89. The lowest BCUT2D eigenvalue weighted by molar-refractivity contribution is 0.633. The van der Waals surface area contributed by atoms with E-state index in [-0.39, 0.29) is 11.6 Å². The highest BCUT2D eigenvalue weighted by molar-refractivity contribution is 6.31. The van der Waals surface area contributed by atoms with Crippen LogP contribution in [0, 0.1) is 0 Å². The van der Waals surface area contributed by atoms with E-state index in [9.17, 15) is 4.79 Å². The van der Waals surface area contributed by atoms with Crippen molar-refractivity contribution in [3.8, 4) is 0 Å². The molecular weight excluding hydrogens is 248 g/mol. The Balaban J connectivity index is 2.25. The maximum absolute atomic E-state index is 12.4. The number of halogens is 1. The molecule has 1 aromatic carbocycles. The first kappa shape index (κ1) is 11.8. The van der Waals surface area contributed by atoms with Gasteiger partial charge in [0.1, 0.15) is 0 Å². The fourth-order valence-corrected chi connectivity index (χ4v) is 2.83. The summed E-state index contributed by atoms with van der Waals surface area (Å²) in [7, 11) is 1.81. The van der Waals surface area contributed by atoms with Gasteiger partial charge in [0, 0.05) is 23.7 Å². The zero-order valence-corrected chi connectivity index (χ0v) is 11.0. The normalized spacial score (nSPS) is 19.6. The zero-order chi connectivity index (χ0) is 12.7. The quantitative estimate of drug-likeness (QED) is 0.857. The van der Waals surface area contributed by atoms with Crippen molar-refractivity contribution in [1.82, 2.24) is 9.88 Å². The van der Waals surface area contributed by atoms with Gasteiger partial charge in [-0.2, -0.15) is 0 Å². The Bertz CT molecular complexity index is 657. The molecule has 4 heteroatoms. The molecule has 0 amide bonds. The number of hydrogen-bond acceptors (Lipinski definition) is 2. The van der Waals surface area contributed by atoms with Gasteiger partial charge >= 0.3 is 0 Å². The van der Waals surface area contributed by atoms with E-state index in [1.165, 1.54) is 0 Å². The molecule has 0 radical (unpaired) electrons. The number of nitrogens with zero attached hydrogens (tertiary/aromatic N) is 1. The number of rotatable bonds is 1. The molecule has 0 saturated carbocycles. The maximum Gasteiger partial charge on any atom is 0.255 e. The molecule has 1 aromatic heterocycles. The van der Waals surface area contributed by atoms with Crippen molar-refractivity contribution in [3.05, 3.63) is 45.2 Å². The van der Waals surface area contributed by atoms with Crippen molar-refractivity contribution in [2.45, 2.75) is 18.9 Å². The van der Waals surface area contributed by atoms with Crippen LogP contribution in [0.1, 0.15) is 24.4 Å². The van der Waals surface area contributed by atoms with Gasteiger partial charge in [0.2, 0.25) is 0 Å². The molecule has 2 heterocycles. The average Bonchev–Trinajstić information content (AvgIpc) is 2.88. The lowest BCUT2D eigenvalue weighted by Gasteiger charge is -2.13. The highest BCUT2D eigenvalue weighted by Gasteiger charge is 2.20. The van der Waals surface area contributed by atoms with Gasteiger partial charge < -0.3 is 9.88 Å². The molecule has 2 aromatic rings. The number of nitrogens with one attached hydrogen (secondary N) is 1. The van der Waals surface area contributed by atoms with Crippen molar-refractivity contribution in [3.63, 3.8) is 0 Å². The molecule has 0 spiro atoms. The van der Waals surface area contributed by atoms with Gasteiger partial charge in [0.05, 0.1) is 5.52 Å². The minimum Gasteiger partial charge on any atom is -0.311 e. The smallest absolute Gasteiger partial charge is 0.255 e. The van der Waals surface area contributed by atoms with E-state index in [2.05, 4.69) is 5.32 Å². The van der Waals surface area contributed by atoms with Gasteiger partial charge in [-0.1, -0.05) is 17.7 Å². The van der Waals surface area contributed by atoms with Crippen LogP contribution in [-0.4, -0.2) is 11.1 Å². The summed E-state index contributed by atoms with van der Waals surface area (Å²) in [4.78, 5) is 12.4. The lowest BCUT2D eigenvalue weighted by atomic mass is 10.0. The number of benzene rings is 1. The van der Waals surface area contributed by atoms with E-state index >= 15 is 0 Å². The Morgan fingerprint density at radius 1 is 1.39 bits per heavy atom. The largest absolute Gasteiger partial charge is 0.311 e. The molecule has 3 nitrogen and oxygen atoms in total. The Labute approximate surface area is 110 Å². The van der Waals surface area contributed by atoms with Gasteiger partial charge in [-0.25, -0.2) is 0 Å². The minimum absolute atomic E-state index is 0.0733. The zero-order valence-electron chi connectivity index (χ0n) is 10.2. The molecule has 3 rings (SSSR count). The Kier molecular flexibility index (Phi) is 2.88. The summed E-state index contributed by atoms with van der Waals surface area (Å²) in [6.07, 6.45) is 2.17. The molecule has 94 valence electrons. The van der Waals surface area contributed by atoms with Crippen molar-refractivity contribution in [1.29, 1.82) is 0 Å². The lowest BCUT2D eigenvalue weighted by Crippen LogP contribution is -2.27. The van der Waals surface area contributed by atoms with Crippen LogP contribution >= 0.6 is 11.6 Å². The van der Waals surface area contributed by atoms with Crippen molar-refractivity contribution >= 4 is 22.5 Å². The molecule has 1 atom stereocenters. The molecule has 18 heavy (non-hydrogen) atoms. The van der Waals surface area contributed by atoms with Crippen LogP contribution in [0.5, 0.6) is 0 Å². The number of aromatic nitrogens is 1. The number of pyridine rings is 1. The third-order valence-electron chi connectivity index (χ3n) is 3.65. The van der Waals surface area contributed by atoms with Crippen molar-refractivity contribution < 1.29 is 0 Å². The SMILES string of the molecule is Cn1c(=O)c(C2CCCN2)cc2ccc(Cl)cc21. The predicted molar refractivity (Wildman–Crippen MR) is 74.2 cm³/mol. The summed E-state index contributed by atoms with van der Waals surface area (Å²) in [5, 5.41) is 5.09. The second kappa shape index (κ2) is 4.41. The molecule has 1 aliphatic heterocycles. The summed E-state index contributed by atoms with van der Waals surface area (Å²) in [5.74, 6) is 0. The van der Waals surface area contributed by atoms with Gasteiger partial charge in [-0.05, 0) is 43.0 Å². The molecule has 1 fully saturated rings. The van der Waals surface area contributed by atoms with Crippen molar-refractivity contribution in [2.75, 3.05) is 6.54 Å². The topological polar surface area (TPSA) is 34.0 Å². The van der Waals surface area contributed by atoms with E-state index in [4.69, 9.17) is 11.6 Å². The second-order valence-electron chi connectivity index (χ2n) is 4.82. The molecule has 1 aliphatic rings. The maximum atomic E-state index is 12.4. The van der Waals surface area contributed by atoms with Crippen molar-refractivity contribution in [2.24, 2.45) is 7.05 Å². The first-order valence-corrected chi connectivity index (χ1v) is 6.57. The first-order chi connectivity index (χ1) is 8.66. The molecule has 0 aliphatic carbocycles. The molecule has 0 bridgehead atoms. The Hall–Kier alpha value is -1.32. The van der Waals surface area contributed by atoms with Gasteiger partial charge in [-0.3, -0.25) is 4.79 Å². The molecule has 1 saturated heterocycles. The van der Waals surface area contributed by atoms with E-state index in [0.717, 1.165) is 35.9 Å². The van der Waals surface area contributed by atoms with Crippen LogP contribution in [0.3, 0.4) is 0 Å². The van der Waals surface area contributed by atoms with E-state index in [0.29, 0.717) is 5.02 Å². The average molecular weight is 263 g/mol. The van der Waals surface area contributed by atoms with E-state index in [1.807, 2.05) is 24.3 Å². The standard InChI is InChI=1S/C14H15ClN2O/c1-17-13-8-10(15)5-4-9(13)7-11(14(17)18)12-3-2-6-16-12/h4-5,7-8,12,16H,2-3,6H2,1H3. The summed E-state index contributed by atoms with van der Waals surface area (Å²) in [5.41, 5.74) is 1.82. The van der Waals surface area contributed by atoms with Crippen LogP contribution in [-0.2, 0) is 7.05 Å². The van der Waals surface area contributed by atoms with Crippen LogP contribution in [0.4, 0.5) is 0 Å². The van der Waals surface area contributed by atoms with E-state index in [1.54, 1.807) is 11.6 Å². The molecular formula is C14H15ClN2O. The van der Waals surface area contributed by atoms with Gasteiger partial charge in [-0.15, -0.1) is 0 Å². The second-order valence-corrected chi connectivity index (χ2v) is 5.25. The Morgan fingerprint density at radius 3 is 2.94 bits per heavy atom. The third kappa shape index (κ3) is 1.84. The number of fused-ring (bicyclic) bond motifs is 1. The Morgan fingerprint density at radius 2 is 2.22 bits per heavy atom. The summed E-state index contributed by atoms with van der Waals surface area (Å²) in [6.45, 7) is 0.993. The monoisotopic (exact) mass is 262 g/mol. The minimum atomic E-state index is 0.0733. The summed E-state index contributed by atoms with van der Waals surface area (Å²) < 4.78 is 1.69. The molecule has 1 N–H and O–H groups in total. The highest BCUT2D eigenvalue weighted by atomic mass is 35.5. The first-order valence-electron chi connectivity index (χ1n) is 6.19. The predicted octanol–water partition coefficient (Wildman–Crippen LogP) is 2.62. The van der Waals surface area contributed by atoms with Crippen LogP contribution in [0.2, 0.25) is 5.02 Å². The summed E-state index contributed by atoms with van der Waals surface area (Å²) >= 11 is 5.98. The fourth-order valence-electron chi connectivity index (χ4n) is 2.66. The highest BCUT2D eigenvalue weighted by Crippen LogP contribution is 2.24. The molecule has 1 unspecified atom stereocenters. The number of hydrogen-bond donors (Lipinski definition) is 1. The van der Waals surface area contributed by atoms with Crippen LogP contribution in [0.15, 0.2) is 29.1 Å². The number of aryl methyl sites for hydroxylation is 1. The fraction of sp³-hybridized carbons (Fsp3) is 0.357. The van der Waals surface area contributed by atoms with Crippen LogP contribution in [0.25, 0.3) is 10.9 Å². The summed E-state index contributed by atoms with van der Waals surface area (Å²) in [6, 6.07) is 7.86. The van der Waals surface area contributed by atoms with Gasteiger partial charge in [0.25, 0.3) is 5.56 Å². The van der Waals surface area contributed by atoms with Gasteiger partial charge in [0.15, 0.2) is 0 Å². The van der Waals surface area contributed by atoms with E-state index < -0.39 is 0 Å². The van der Waals surface area contributed by atoms with Crippen LogP contribution < -0.4 is 10.9 Å².